The molecule has 0 spiro atoms. The molecule has 5 nitrogen and oxygen atoms in total. The van der Waals surface area contributed by atoms with Crippen LogP contribution in [0.1, 0.15) is 10.4 Å². The highest BCUT2D eigenvalue weighted by molar-refractivity contribution is 9.10. The van der Waals surface area contributed by atoms with E-state index in [1.54, 1.807) is 36.5 Å². The number of ether oxygens (including phenoxy) is 1. The van der Waals surface area contributed by atoms with Crippen LogP contribution in [0, 0.1) is 0 Å². The van der Waals surface area contributed by atoms with Gasteiger partial charge >= 0.3 is 0 Å². The van der Waals surface area contributed by atoms with Gasteiger partial charge < -0.3 is 10.1 Å². The van der Waals surface area contributed by atoms with Gasteiger partial charge in [-0.15, -0.1) is 0 Å². The van der Waals surface area contributed by atoms with Crippen molar-refractivity contribution in [2.45, 2.75) is 0 Å². The third kappa shape index (κ3) is 4.24. The molecule has 1 amide bonds. The molecule has 1 aromatic carbocycles. The van der Waals surface area contributed by atoms with Crippen LogP contribution in [0.2, 0.25) is 0 Å². The molecule has 1 aromatic heterocycles. The first-order chi connectivity index (χ1) is 10.1. The Balaban J connectivity index is 2.04. The standard InChI is InChI=1S/C14H12BrN3O2S/c1-20-12-7-11(10(15)8-16-12)17-14(21)18-13(19)9-5-3-2-4-6-9/h2-8H,1H3,(H2,16,17,18,19,21). The van der Waals surface area contributed by atoms with Gasteiger partial charge in [0.05, 0.1) is 17.3 Å². The van der Waals surface area contributed by atoms with E-state index in [2.05, 4.69) is 31.5 Å². The van der Waals surface area contributed by atoms with Crippen LogP contribution >= 0.6 is 28.1 Å². The Labute approximate surface area is 135 Å². The molecule has 0 radical (unpaired) electrons. The third-order valence-corrected chi connectivity index (χ3v) is 3.39. The molecule has 2 rings (SSSR count). The third-order valence-electron chi connectivity index (χ3n) is 2.55. The van der Waals surface area contributed by atoms with Crippen LogP contribution in [0.5, 0.6) is 5.88 Å². The lowest BCUT2D eigenvalue weighted by Crippen LogP contribution is -2.34. The minimum Gasteiger partial charge on any atom is -0.481 e. The predicted molar refractivity (Wildman–Crippen MR) is 88.6 cm³/mol. The second-order valence-corrected chi connectivity index (χ2v) is 5.24. The van der Waals surface area contributed by atoms with Crippen LogP contribution in [0.25, 0.3) is 0 Å². The van der Waals surface area contributed by atoms with E-state index in [0.717, 1.165) is 0 Å². The number of hydrogen-bond acceptors (Lipinski definition) is 4. The normalized spacial score (nSPS) is 9.81. The van der Waals surface area contributed by atoms with Crippen molar-refractivity contribution < 1.29 is 9.53 Å². The second kappa shape index (κ2) is 7.14. The number of carbonyl (C=O) groups excluding carboxylic acids is 1. The lowest BCUT2D eigenvalue weighted by Gasteiger charge is -2.11. The summed E-state index contributed by atoms with van der Waals surface area (Å²) in [6.45, 7) is 0. The van der Waals surface area contributed by atoms with Crippen molar-refractivity contribution in [2.24, 2.45) is 0 Å². The number of pyridine rings is 1. The van der Waals surface area contributed by atoms with Crippen molar-refractivity contribution in [3.63, 3.8) is 0 Å². The minimum atomic E-state index is -0.273. The lowest BCUT2D eigenvalue weighted by molar-refractivity contribution is 0.0978. The Morgan fingerprint density at radius 2 is 2.05 bits per heavy atom. The first-order valence-electron chi connectivity index (χ1n) is 5.97. The number of thiocarbonyl (C=S) groups is 1. The van der Waals surface area contributed by atoms with E-state index >= 15 is 0 Å². The molecule has 0 unspecified atom stereocenters. The average Bonchev–Trinajstić information content (AvgIpc) is 2.50. The first kappa shape index (κ1) is 15.4. The van der Waals surface area contributed by atoms with E-state index < -0.39 is 0 Å². The van der Waals surface area contributed by atoms with Crippen molar-refractivity contribution in [2.75, 3.05) is 12.4 Å². The summed E-state index contributed by atoms with van der Waals surface area (Å²) < 4.78 is 5.75. The number of rotatable bonds is 3. The Kier molecular flexibility index (Phi) is 5.24. The van der Waals surface area contributed by atoms with E-state index in [0.29, 0.717) is 21.6 Å². The summed E-state index contributed by atoms with van der Waals surface area (Å²) in [6, 6.07) is 10.5. The topological polar surface area (TPSA) is 63.2 Å². The molecule has 7 heteroatoms. The van der Waals surface area contributed by atoms with Gasteiger partial charge in [0.15, 0.2) is 5.11 Å². The SMILES string of the molecule is COc1cc(NC(=S)NC(=O)c2ccccc2)c(Br)cn1. The fourth-order valence-corrected chi connectivity index (χ4v) is 2.06. The number of anilines is 1. The van der Waals surface area contributed by atoms with Gasteiger partial charge in [0, 0.05) is 17.8 Å². The number of nitrogens with one attached hydrogen (secondary N) is 2. The number of hydrogen-bond donors (Lipinski definition) is 2. The second-order valence-electron chi connectivity index (χ2n) is 3.98. The van der Waals surface area contributed by atoms with Crippen LogP contribution in [0.3, 0.4) is 0 Å². The minimum absolute atomic E-state index is 0.192. The van der Waals surface area contributed by atoms with E-state index in [1.807, 2.05) is 6.07 Å². The van der Waals surface area contributed by atoms with Crippen molar-refractivity contribution in [3.8, 4) is 5.88 Å². The van der Waals surface area contributed by atoms with Crippen molar-refractivity contribution in [1.82, 2.24) is 10.3 Å². The van der Waals surface area contributed by atoms with Gasteiger partial charge in [-0.05, 0) is 40.3 Å². The summed E-state index contributed by atoms with van der Waals surface area (Å²) >= 11 is 8.47. The van der Waals surface area contributed by atoms with Crippen LogP contribution in [-0.4, -0.2) is 23.1 Å². The van der Waals surface area contributed by atoms with Gasteiger partial charge in [-0.2, -0.15) is 0 Å². The number of aromatic nitrogens is 1. The molecule has 0 aliphatic heterocycles. The van der Waals surface area contributed by atoms with Gasteiger partial charge in [-0.3, -0.25) is 10.1 Å². The molecule has 2 N–H and O–H groups in total. The highest BCUT2D eigenvalue weighted by atomic mass is 79.9. The number of halogens is 1. The number of amides is 1. The molecule has 0 fully saturated rings. The monoisotopic (exact) mass is 365 g/mol. The fourth-order valence-electron chi connectivity index (χ4n) is 1.55. The zero-order chi connectivity index (χ0) is 15.2. The molecule has 21 heavy (non-hydrogen) atoms. The molecule has 0 atom stereocenters. The Bertz CT molecular complexity index is 665. The Hall–Kier alpha value is -1.99. The highest BCUT2D eigenvalue weighted by Crippen LogP contribution is 2.24. The maximum atomic E-state index is 12.0. The van der Waals surface area contributed by atoms with Crippen molar-refractivity contribution in [1.29, 1.82) is 0 Å². The van der Waals surface area contributed by atoms with E-state index in [9.17, 15) is 4.79 Å². The summed E-state index contributed by atoms with van der Waals surface area (Å²) in [5.41, 5.74) is 1.19. The number of benzene rings is 1. The molecule has 0 saturated heterocycles. The van der Waals surface area contributed by atoms with Crippen molar-refractivity contribution >= 4 is 44.9 Å². The Morgan fingerprint density at radius 1 is 1.33 bits per heavy atom. The number of methoxy groups -OCH3 is 1. The average molecular weight is 366 g/mol. The zero-order valence-corrected chi connectivity index (χ0v) is 13.5. The summed E-state index contributed by atoms with van der Waals surface area (Å²) in [7, 11) is 1.52. The van der Waals surface area contributed by atoms with Gasteiger partial charge in [-0.1, -0.05) is 18.2 Å². The molecule has 0 bridgehead atoms. The summed E-state index contributed by atoms with van der Waals surface area (Å²) in [6.07, 6.45) is 1.59. The van der Waals surface area contributed by atoms with Gasteiger partial charge in [0.1, 0.15) is 0 Å². The van der Waals surface area contributed by atoms with Crippen LogP contribution < -0.4 is 15.4 Å². The molecular formula is C14H12BrN3O2S. The van der Waals surface area contributed by atoms with Gasteiger partial charge in [-0.25, -0.2) is 4.98 Å². The molecule has 108 valence electrons. The summed E-state index contributed by atoms with van der Waals surface area (Å²) in [5.74, 6) is 0.170. The molecule has 0 aliphatic rings. The largest absolute Gasteiger partial charge is 0.481 e. The molecule has 2 aromatic rings. The van der Waals surface area contributed by atoms with E-state index in [1.165, 1.54) is 7.11 Å². The smallest absolute Gasteiger partial charge is 0.257 e. The Morgan fingerprint density at radius 3 is 2.71 bits per heavy atom. The van der Waals surface area contributed by atoms with Gasteiger partial charge in [0.25, 0.3) is 5.91 Å². The fraction of sp³-hybridized carbons (Fsp3) is 0.0714. The maximum Gasteiger partial charge on any atom is 0.257 e. The first-order valence-corrected chi connectivity index (χ1v) is 7.17. The summed E-state index contributed by atoms with van der Waals surface area (Å²) in [4.78, 5) is 16.0. The predicted octanol–water partition coefficient (Wildman–Crippen LogP) is 2.98. The quantitative estimate of drug-likeness (QED) is 0.818. The summed E-state index contributed by atoms with van der Waals surface area (Å²) in [5, 5.41) is 5.72. The number of carbonyl (C=O) groups is 1. The molecule has 1 heterocycles. The molecular weight excluding hydrogens is 354 g/mol. The maximum absolute atomic E-state index is 12.0. The van der Waals surface area contributed by atoms with E-state index in [4.69, 9.17) is 17.0 Å². The van der Waals surface area contributed by atoms with E-state index in [-0.39, 0.29) is 11.0 Å². The highest BCUT2D eigenvalue weighted by Gasteiger charge is 2.09. The van der Waals surface area contributed by atoms with Crippen LogP contribution in [0.15, 0.2) is 47.1 Å². The number of nitrogens with zero attached hydrogens (tertiary/aromatic N) is 1. The lowest BCUT2D eigenvalue weighted by atomic mass is 10.2. The zero-order valence-electron chi connectivity index (χ0n) is 11.1. The molecule has 0 saturated carbocycles. The van der Waals surface area contributed by atoms with Crippen LogP contribution in [-0.2, 0) is 0 Å². The molecule has 0 aliphatic carbocycles. The van der Waals surface area contributed by atoms with Gasteiger partial charge in [0.2, 0.25) is 5.88 Å². The van der Waals surface area contributed by atoms with Crippen LogP contribution in [0.4, 0.5) is 5.69 Å². The van der Waals surface area contributed by atoms with Crippen molar-refractivity contribution in [3.05, 3.63) is 52.6 Å².